The van der Waals surface area contributed by atoms with Crippen LogP contribution in [-0.2, 0) is 9.53 Å². The third kappa shape index (κ3) is 2.83. The Bertz CT molecular complexity index is 228. The monoisotopic (exact) mass is 227 g/mol. The molecule has 94 valence electrons. The minimum Gasteiger partial charge on any atom is -0.381 e. The zero-order valence-corrected chi connectivity index (χ0v) is 11.1. The molecular weight excluding hydrogens is 202 g/mol. The topological polar surface area (TPSA) is 29.5 Å². The first-order valence-corrected chi connectivity index (χ1v) is 6.41. The fourth-order valence-electron chi connectivity index (χ4n) is 2.63. The lowest BCUT2D eigenvalue weighted by Crippen LogP contribution is -2.52. The number of nitrogens with zero attached hydrogens (tertiary/aromatic N) is 1. The molecule has 1 rings (SSSR count). The van der Waals surface area contributed by atoms with Gasteiger partial charge < -0.3 is 4.74 Å². The molecule has 0 N–H and O–H groups in total. The fraction of sp³-hybridized carbons (Fsp3) is 0.923. The summed E-state index contributed by atoms with van der Waals surface area (Å²) in [4.78, 5) is 14.7. The van der Waals surface area contributed by atoms with Crippen LogP contribution in [0.1, 0.15) is 40.5 Å². The molecule has 1 saturated heterocycles. The zero-order chi connectivity index (χ0) is 12.2. The second-order valence-corrected chi connectivity index (χ2v) is 4.98. The minimum atomic E-state index is -0.328. The SMILES string of the molecule is CCN(CC)C(C)(C)C(=O)C1CCOCC1. The van der Waals surface area contributed by atoms with E-state index in [4.69, 9.17) is 4.74 Å². The summed E-state index contributed by atoms with van der Waals surface area (Å²) in [6.45, 7) is 11.7. The number of hydrogen-bond acceptors (Lipinski definition) is 3. The summed E-state index contributed by atoms with van der Waals surface area (Å²) < 4.78 is 5.31. The van der Waals surface area contributed by atoms with Crippen molar-refractivity contribution in [1.29, 1.82) is 0 Å². The Morgan fingerprint density at radius 1 is 1.25 bits per heavy atom. The van der Waals surface area contributed by atoms with E-state index in [0.717, 1.165) is 39.1 Å². The number of rotatable bonds is 5. The second kappa shape index (κ2) is 5.78. The fourth-order valence-corrected chi connectivity index (χ4v) is 2.63. The van der Waals surface area contributed by atoms with Crippen LogP contribution in [0.25, 0.3) is 0 Å². The molecule has 1 fully saturated rings. The molecule has 0 aliphatic carbocycles. The normalized spacial score (nSPS) is 19.1. The van der Waals surface area contributed by atoms with Gasteiger partial charge in [-0.2, -0.15) is 0 Å². The molecule has 0 amide bonds. The van der Waals surface area contributed by atoms with Gasteiger partial charge >= 0.3 is 0 Å². The number of carbonyl (C=O) groups excluding carboxylic acids is 1. The van der Waals surface area contributed by atoms with Crippen LogP contribution in [-0.4, -0.2) is 42.5 Å². The van der Waals surface area contributed by atoms with Crippen molar-refractivity contribution in [3.63, 3.8) is 0 Å². The predicted molar refractivity (Wildman–Crippen MR) is 65.6 cm³/mol. The van der Waals surface area contributed by atoms with E-state index in [1.807, 2.05) is 0 Å². The van der Waals surface area contributed by atoms with Gasteiger partial charge in [0, 0.05) is 19.1 Å². The largest absolute Gasteiger partial charge is 0.381 e. The van der Waals surface area contributed by atoms with Crippen LogP contribution in [0.5, 0.6) is 0 Å². The van der Waals surface area contributed by atoms with Gasteiger partial charge in [0.2, 0.25) is 0 Å². The van der Waals surface area contributed by atoms with Crippen LogP contribution in [0.4, 0.5) is 0 Å². The highest BCUT2D eigenvalue weighted by Gasteiger charge is 2.37. The standard InChI is InChI=1S/C13H25NO2/c1-5-14(6-2)13(3,4)12(15)11-7-9-16-10-8-11/h11H,5-10H2,1-4H3. The quantitative estimate of drug-likeness (QED) is 0.720. The van der Waals surface area contributed by atoms with Crippen LogP contribution >= 0.6 is 0 Å². The van der Waals surface area contributed by atoms with Crippen molar-refractivity contribution in [1.82, 2.24) is 4.90 Å². The molecule has 0 radical (unpaired) electrons. The predicted octanol–water partition coefficient (Wildman–Crippen LogP) is 2.10. The summed E-state index contributed by atoms with van der Waals surface area (Å²) in [5, 5.41) is 0. The van der Waals surface area contributed by atoms with E-state index < -0.39 is 0 Å². The number of likely N-dealkylation sites (N-methyl/N-ethyl adjacent to an activating group) is 1. The highest BCUT2D eigenvalue weighted by atomic mass is 16.5. The molecule has 0 saturated carbocycles. The van der Waals surface area contributed by atoms with Gasteiger partial charge in [0.25, 0.3) is 0 Å². The average Bonchev–Trinajstić information content (AvgIpc) is 2.30. The van der Waals surface area contributed by atoms with Crippen LogP contribution in [0.2, 0.25) is 0 Å². The van der Waals surface area contributed by atoms with Gasteiger partial charge in [-0.3, -0.25) is 9.69 Å². The van der Waals surface area contributed by atoms with Gasteiger partial charge in [-0.25, -0.2) is 0 Å². The Morgan fingerprint density at radius 3 is 2.19 bits per heavy atom. The Morgan fingerprint density at radius 2 is 1.75 bits per heavy atom. The average molecular weight is 227 g/mol. The molecule has 0 aromatic rings. The van der Waals surface area contributed by atoms with Crippen molar-refractivity contribution in [2.45, 2.75) is 46.1 Å². The maximum Gasteiger partial charge on any atom is 0.155 e. The van der Waals surface area contributed by atoms with E-state index in [1.165, 1.54) is 0 Å². The van der Waals surface area contributed by atoms with Gasteiger partial charge in [-0.15, -0.1) is 0 Å². The second-order valence-electron chi connectivity index (χ2n) is 4.98. The first kappa shape index (κ1) is 13.7. The summed E-state index contributed by atoms with van der Waals surface area (Å²) >= 11 is 0. The van der Waals surface area contributed by atoms with Gasteiger partial charge in [0.05, 0.1) is 5.54 Å². The van der Waals surface area contributed by atoms with Crippen molar-refractivity contribution in [3.8, 4) is 0 Å². The van der Waals surface area contributed by atoms with Crippen LogP contribution in [0.15, 0.2) is 0 Å². The molecule has 0 aromatic carbocycles. The maximum atomic E-state index is 12.5. The van der Waals surface area contributed by atoms with E-state index >= 15 is 0 Å². The number of Topliss-reactive ketones (excluding diaryl/α,β-unsaturated/α-hetero) is 1. The van der Waals surface area contributed by atoms with Crippen LogP contribution in [0.3, 0.4) is 0 Å². The molecular formula is C13H25NO2. The Hall–Kier alpha value is -0.410. The molecule has 1 heterocycles. The summed E-state index contributed by atoms with van der Waals surface area (Å²) in [5.41, 5.74) is -0.328. The Labute approximate surface area is 99.1 Å². The lowest BCUT2D eigenvalue weighted by atomic mass is 9.83. The summed E-state index contributed by atoms with van der Waals surface area (Å²) in [6.07, 6.45) is 1.78. The number of hydrogen-bond donors (Lipinski definition) is 0. The van der Waals surface area contributed by atoms with Crippen LogP contribution < -0.4 is 0 Å². The van der Waals surface area contributed by atoms with Gasteiger partial charge in [0.1, 0.15) is 0 Å². The maximum absolute atomic E-state index is 12.5. The molecule has 16 heavy (non-hydrogen) atoms. The van der Waals surface area contributed by atoms with Gasteiger partial charge in [-0.1, -0.05) is 13.8 Å². The molecule has 1 aliphatic rings. The Balaban J connectivity index is 2.69. The smallest absolute Gasteiger partial charge is 0.155 e. The molecule has 0 unspecified atom stereocenters. The van der Waals surface area contributed by atoms with Crippen molar-refractivity contribution in [2.75, 3.05) is 26.3 Å². The van der Waals surface area contributed by atoms with Crippen molar-refractivity contribution >= 4 is 5.78 Å². The van der Waals surface area contributed by atoms with E-state index in [2.05, 4.69) is 32.6 Å². The first-order chi connectivity index (χ1) is 7.54. The number of ether oxygens (including phenoxy) is 1. The molecule has 3 nitrogen and oxygen atoms in total. The summed E-state index contributed by atoms with van der Waals surface area (Å²) in [5.74, 6) is 0.587. The molecule has 1 aliphatic heterocycles. The molecule has 0 bridgehead atoms. The lowest BCUT2D eigenvalue weighted by molar-refractivity contribution is -0.136. The Kier molecular flexibility index (Phi) is 4.93. The number of ketones is 1. The molecule has 3 heteroatoms. The third-order valence-corrected chi connectivity index (χ3v) is 3.75. The van der Waals surface area contributed by atoms with Crippen molar-refractivity contribution < 1.29 is 9.53 Å². The lowest BCUT2D eigenvalue weighted by Gasteiger charge is -2.39. The van der Waals surface area contributed by atoms with Crippen LogP contribution in [0, 0.1) is 5.92 Å². The van der Waals surface area contributed by atoms with Crippen molar-refractivity contribution in [2.24, 2.45) is 5.92 Å². The summed E-state index contributed by atoms with van der Waals surface area (Å²) in [6, 6.07) is 0. The highest BCUT2D eigenvalue weighted by molar-refractivity contribution is 5.89. The minimum absolute atomic E-state index is 0.198. The first-order valence-electron chi connectivity index (χ1n) is 6.41. The third-order valence-electron chi connectivity index (χ3n) is 3.75. The van der Waals surface area contributed by atoms with Crippen molar-refractivity contribution in [3.05, 3.63) is 0 Å². The number of carbonyl (C=O) groups is 1. The van der Waals surface area contributed by atoms with E-state index in [9.17, 15) is 4.79 Å². The van der Waals surface area contributed by atoms with E-state index in [0.29, 0.717) is 5.78 Å². The molecule has 0 spiro atoms. The zero-order valence-electron chi connectivity index (χ0n) is 11.1. The van der Waals surface area contributed by atoms with E-state index in [1.54, 1.807) is 0 Å². The van der Waals surface area contributed by atoms with E-state index in [-0.39, 0.29) is 11.5 Å². The summed E-state index contributed by atoms with van der Waals surface area (Å²) in [7, 11) is 0. The van der Waals surface area contributed by atoms with Gasteiger partial charge in [0.15, 0.2) is 5.78 Å². The molecule has 0 atom stereocenters. The molecule has 0 aromatic heterocycles. The highest BCUT2D eigenvalue weighted by Crippen LogP contribution is 2.25. The van der Waals surface area contributed by atoms with Gasteiger partial charge in [-0.05, 0) is 39.8 Å².